The summed E-state index contributed by atoms with van der Waals surface area (Å²) in [6.45, 7) is 5.85. The second-order valence-electron chi connectivity index (χ2n) is 5.13. The van der Waals surface area contributed by atoms with Crippen LogP contribution < -0.4 is 5.32 Å². The number of unbranched alkanes of at least 4 members (excludes halogenated alkanes) is 1. The van der Waals surface area contributed by atoms with E-state index >= 15 is 0 Å². The Labute approximate surface area is 104 Å². The molecule has 0 spiro atoms. The molecule has 2 heterocycles. The lowest BCUT2D eigenvalue weighted by Crippen LogP contribution is -2.45. The van der Waals surface area contributed by atoms with E-state index in [0.717, 1.165) is 45.3 Å². The van der Waals surface area contributed by atoms with Crippen LogP contribution in [0.1, 0.15) is 46.0 Å². The molecule has 2 rings (SSSR count). The molecule has 2 aliphatic heterocycles. The van der Waals surface area contributed by atoms with Crippen LogP contribution in [0, 0.1) is 0 Å². The third kappa shape index (κ3) is 2.80. The monoisotopic (exact) mass is 240 g/mol. The standard InChI is InChI=1S/C13H24N2O2/c1-3-4-5-12-13(16)15(10(2)14-12)11-6-8-17-9-7-11/h10-12,14H,3-9H2,1-2H3. The van der Waals surface area contributed by atoms with Crippen molar-refractivity contribution >= 4 is 5.91 Å². The first kappa shape index (κ1) is 12.8. The van der Waals surface area contributed by atoms with Crippen LogP contribution in [0.3, 0.4) is 0 Å². The van der Waals surface area contributed by atoms with E-state index in [4.69, 9.17) is 4.74 Å². The highest BCUT2D eigenvalue weighted by molar-refractivity contribution is 5.84. The molecule has 2 fully saturated rings. The van der Waals surface area contributed by atoms with E-state index in [1.807, 2.05) is 0 Å². The lowest BCUT2D eigenvalue weighted by molar-refractivity contribution is -0.134. The van der Waals surface area contributed by atoms with E-state index in [1.54, 1.807) is 0 Å². The largest absolute Gasteiger partial charge is 0.381 e. The van der Waals surface area contributed by atoms with Crippen molar-refractivity contribution in [3.8, 4) is 0 Å². The van der Waals surface area contributed by atoms with Gasteiger partial charge in [0.15, 0.2) is 0 Å². The first-order valence-electron chi connectivity index (χ1n) is 6.90. The molecule has 98 valence electrons. The SMILES string of the molecule is CCCCC1NC(C)N(C2CCOCC2)C1=O. The minimum atomic E-state index is 0.0489. The van der Waals surface area contributed by atoms with Gasteiger partial charge in [0.25, 0.3) is 0 Å². The zero-order chi connectivity index (χ0) is 12.3. The molecular formula is C13H24N2O2. The Morgan fingerprint density at radius 3 is 2.76 bits per heavy atom. The van der Waals surface area contributed by atoms with Crippen molar-refractivity contribution in [1.82, 2.24) is 10.2 Å². The molecule has 2 atom stereocenters. The summed E-state index contributed by atoms with van der Waals surface area (Å²) >= 11 is 0. The quantitative estimate of drug-likeness (QED) is 0.809. The van der Waals surface area contributed by atoms with E-state index in [-0.39, 0.29) is 12.2 Å². The Kier molecular flexibility index (Phi) is 4.40. The van der Waals surface area contributed by atoms with Crippen LogP contribution in [-0.4, -0.2) is 42.3 Å². The van der Waals surface area contributed by atoms with Gasteiger partial charge in [-0.3, -0.25) is 10.1 Å². The zero-order valence-electron chi connectivity index (χ0n) is 10.9. The van der Waals surface area contributed by atoms with Crippen molar-refractivity contribution in [3.05, 3.63) is 0 Å². The van der Waals surface area contributed by atoms with Crippen molar-refractivity contribution < 1.29 is 9.53 Å². The molecular weight excluding hydrogens is 216 g/mol. The molecule has 0 radical (unpaired) electrons. The fraction of sp³-hybridized carbons (Fsp3) is 0.923. The lowest BCUT2D eigenvalue weighted by Gasteiger charge is -2.33. The summed E-state index contributed by atoms with van der Waals surface area (Å²) in [5.74, 6) is 0.304. The lowest BCUT2D eigenvalue weighted by atomic mass is 10.1. The highest BCUT2D eigenvalue weighted by atomic mass is 16.5. The van der Waals surface area contributed by atoms with Gasteiger partial charge in [-0.1, -0.05) is 19.8 Å². The third-order valence-corrected chi connectivity index (χ3v) is 3.84. The number of nitrogens with one attached hydrogen (secondary N) is 1. The Bertz CT molecular complexity index is 264. The summed E-state index contributed by atoms with van der Waals surface area (Å²) < 4.78 is 5.36. The fourth-order valence-corrected chi connectivity index (χ4v) is 2.89. The molecule has 1 N–H and O–H groups in total. The maximum absolute atomic E-state index is 12.3. The molecule has 0 aromatic rings. The predicted molar refractivity (Wildman–Crippen MR) is 66.6 cm³/mol. The van der Waals surface area contributed by atoms with E-state index in [9.17, 15) is 4.79 Å². The van der Waals surface area contributed by atoms with Gasteiger partial charge >= 0.3 is 0 Å². The molecule has 2 unspecified atom stereocenters. The normalized spacial score (nSPS) is 31.2. The van der Waals surface area contributed by atoms with Gasteiger partial charge in [-0.2, -0.15) is 0 Å². The van der Waals surface area contributed by atoms with E-state index in [1.165, 1.54) is 0 Å². The minimum Gasteiger partial charge on any atom is -0.381 e. The van der Waals surface area contributed by atoms with Crippen molar-refractivity contribution in [2.24, 2.45) is 0 Å². The molecule has 4 nitrogen and oxygen atoms in total. The summed E-state index contributed by atoms with van der Waals surface area (Å²) in [7, 11) is 0. The second kappa shape index (κ2) is 5.83. The molecule has 17 heavy (non-hydrogen) atoms. The summed E-state index contributed by atoms with van der Waals surface area (Å²) in [6.07, 6.45) is 5.40. The number of carbonyl (C=O) groups excluding carboxylic acids is 1. The Morgan fingerprint density at radius 2 is 2.12 bits per heavy atom. The third-order valence-electron chi connectivity index (χ3n) is 3.84. The first-order chi connectivity index (χ1) is 8.24. The average Bonchev–Trinajstić information content (AvgIpc) is 2.63. The number of rotatable bonds is 4. The molecule has 0 aromatic heterocycles. The number of hydrogen-bond acceptors (Lipinski definition) is 3. The smallest absolute Gasteiger partial charge is 0.241 e. The molecule has 2 aliphatic rings. The van der Waals surface area contributed by atoms with Crippen LogP contribution in [0.4, 0.5) is 0 Å². The van der Waals surface area contributed by atoms with Crippen LogP contribution in [0.2, 0.25) is 0 Å². The summed E-state index contributed by atoms with van der Waals surface area (Å²) in [5, 5.41) is 3.42. The maximum Gasteiger partial charge on any atom is 0.241 e. The molecule has 0 aromatic carbocycles. The van der Waals surface area contributed by atoms with Gasteiger partial charge in [0.2, 0.25) is 5.91 Å². The molecule has 2 saturated heterocycles. The minimum absolute atomic E-state index is 0.0489. The zero-order valence-corrected chi connectivity index (χ0v) is 10.9. The van der Waals surface area contributed by atoms with Crippen LogP contribution in [0.25, 0.3) is 0 Å². The molecule has 0 aliphatic carbocycles. The van der Waals surface area contributed by atoms with Crippen molar-refractivity contribution in [1.29, 1.82) is 0 Å². The Balaban J connectivity index is 1.95. The first-order valence-corrected chi connectivity index (χ1v) is 6.90. The van der Waals surface area contributed by atoms with E-state index in [0.29, 0.717) is 11.9 Å². The second-order valence-corrected chi connectivity index (χ2v) is 5.13. The van der Waals surface area contributed by atoms with Crippen molar-refractivity contribution in [2.75, 3.05) is 13.2 Å². The van der Waals surface area contributed by atoms with Crippen molar-refractivity contribution in [3.63, 3.8) is 0 Å². The van der Waals surface area contributed by atoms with Crippen LogP contribution in [0.15, 0.2) is 0 Å². The van der Waals surface area contributed by atoms with E-state index < -0.39 is 0 Å². The average molecular weight is 240 g/mol. The summed E-state index contributed by atoms with van der Waals surface area (Å²) in [6, 6.07) is 0.429. The van der Waals surface area contributed by atoms with Gasteiger partial charge in [0, 0.05) is 19.3 Å². The van der Waals surface area contributed by atoms with Gasteiger partial charge in [-0.05, 0) is 26.2 Å². The highest BCUT2D eigenvalue weighted by Crippen LogP contribution is 2.23. The topological polar surface area (TPSA) is 41.6 Å². The van der Waals surface area contributed by atoms with Gasteiger partial charge in [-0.15, -0.1) is 0 Å². The van der Waals surface area contributed by atoms with Crippen LogP contribution in [0.5, 0.6) is 0 Å². The number of ether oxygens (including phenoxy) is 1. The predicted octanol–water partition coefficient (Wildman–Crippen LogP) is 1.50. The number of amides is 1. The number of hydrogen-bond donors (Lipinski definition) is 1. The van der Waals surface area contributed by atoms with Gasteiger partial charge in [0.05, 0.1) is 12.2 Å². The van der Waals surface area contributed by atoms with Crippen molar-refractivity contribution in [2.45, 2.75) is 64.2 Å². The molecule has 1 amide bonds. The number of nitrogens with zero attached hydrogens (tertiary/aromatic N) is 1. The fourth-order valence-electron chi connectivity index (χ4n) is 2.89. The van der Waals surface area contributed by atoms with Crippen LogP contribution in [-0.2, 0) is 9.53 Å². The van der Waals surface area contributed by atoms with Gasteiger partial charge in [-0.25, -0.2) is 0 Å². The molecule has 0 bridgehead atoms. The Morgan fingerprint density at radius 1 is 1.41 bits per heavy atom. The Hall–Kier alpha value is -0.610. The number of carbonyl (C=O) groups is 1. The van der Waals surface area contributed by atoms with E-state index in [2.05, 4.69) is 24.1 Å². The highest BCUT2D eigenvalue weighted by Gasteiger charge is 2.40. The molecule has 4 heteroatoms. The van der Waals surface area contributed by atoms with Gasteiger partial charge in [0.1, 0.15) is 0 Å². The van der Waals surface area contributed by atoms with Gasteiger partial charge < -0.3 is 9.64 Å². The maximum atomic E-state index is 12.3. The summed E-state index contributed by atoms with van der Waals surface area (Å²) in [5.41, 5.74) is 0. The summed E-state index contributed by atoms with van der Waals surface area (Å²) in [4.78, 5) is 14.4. The molecule has 0 saturated carbocycles. The van der Waals surface area contributed by atoms with Crippen LogP contribution >= 0.6 is 0 Å².